The van der Waals surface area contributed by atoms with Crippen molar-refractivity contribution in [3.05, 3.63) is 24.0 Å². The summed E-state index contributed by atoms with van der Waals surface area (Å²) in [6.07, 6.45) is -1.12. The van der Waals surface area contributed by atoms with Gasteiger partial charge < -0.3 is 9.64 Å². The fourth-order valence-corrected chi connectivity index (χ4v) is 4.10. The molecule has 7 nitrogen and oxygen atoms in total. The summed E-state index contributed by atoms with van der Waals surface area (Å²) in [6, 6.07) is 4.79. The van der Waals surface area contributed by atoms with Crippen molar-refractivity contribution < 1.29 is 23.6 Å². The number of carbonyl (C=O) groups excluding carboxylic acids is 2. The second kappa shape index (κ2) is 9.03. The standard InChI is InChI=1S/C17H22FN3O4S2/c1-2-21(17(23)26)24-11-13-10-20(16(22)25-13)12-3-4-15(14(18)9-12)19-5-7-27-8-6-19/h3-4,9,13H,2,5-8,10-11H2,1H3,(H,23,26)/t13-/m0/s1. The average Bonchev–Trinajstić information content (AvgIpc) is 3.03. The van der Waals surface area contributed by atoms with E-state index in [0.29, 0.717) is 17.9 Å². The number of rotatable bonds is 6. The molecule has 0 unspecified atom stereocenters. The third-order valence-electron chi connectivity index (χ3n) is 4.39. The van der Waals surface area contributed by atoms with E-state index in [4.69, 9.17) is 9.57 Å². The molecule has 1 aromatic carbocycles. The first-order valence-electron chi connectivity index (χ1n) is 8.73. The van der Waals surface area contributed by atoms with Crippen molar-refractivity contribution in [1.82, 2.24) is 5.06 Å². The van der Waals surface area contributed by atoms with E-state index in [1.165, 1.54) is 11.0 Å². The van der Waals surface area contributed by atoms with E-state index in [-0.39, 0.29) is 19.0 Å². The lowest BCUT2D eigenvalue weighted by Crippen LogP contribution is -2.33. The van der Waals surface area contributed by atoms with Crippen molar-refractivity contribution in [2.24, 2.45) is 0 Å². The van der Waals surface area contributed by atoms with Gasteiger partial charge in [-0.2, -0.15) is 11.8 Å². The monoisotopic (exact) mass is 415 g/mol. The zero-order valence-electron chi connectivity index (χ0n) is 15.0. The van der Waals surface area contributed by atoms with Gasteiger partial charge in [-0.3, -0.25) is 14.5 Å². The average molecular weight is 416 g/mol. The van der Waals surface area contributed by atoms with Gasteiger partial charge in [-0.15, -0.1) is 0 Å². The Morgan fingerprint density at radius 1 is 1.44 bits per heavy atom. The molecular formula is C17H22FN3O4S2. The van der Waals surface area contributed by atoms with Gasteiger partial charge in [0.05, 0.1) is 17.9 Å². The van der Waals surface area contributed by atoms with Crippen LogP contribution in [0.25, 0.3) is 0 Å². The lowest BCUT2D eigenvalue weighted by atomic mass is 10.2. The van der Waals surface area contributed by atoms with E-state index in [9.17, 15) is 14.0 Å². The molecule has 2 amide bonds. The van der Waals surface area contributed by atoms with Crippen molar-refractivity contribution in [3.63, 3.8) is 0 Å². The molecule has 3 rings (SSSR count). The van der Waals surface area contributed by atoms with Gasteiger partial charge >= 0.3 is 11.3 Å². The van der Waals surface area contributed by atoms with Crippen molar-refractivity contribution >= 4 is 47.1 Å². The fourth-order valence-electron chi connectivity index (χ4n) is 3.00. The number of halogens is 1. The third-order valence-corrected chi connectivity index (χ3v) is 5.55. The molecule has 27 heavy (non-hydrogen) atoms. The Labute approximate surface area is 167 Å². The highest BCUT2D eigenvalue weighted by molar-refractivity contribution is 7.99. The Morgan fingerprint density at radius 3 is 2.81 bits per heavy atom. The number of anilines is 2. The topological polar surface area (TPSA) is 62.3 Å². The number of benzene rings is 1. The maximum absolute atomic E-state index is 14.6. The highest BCUT2D eigenvalue weighted by Crippen LogP contribution is 2.29. The molecule has 2 aliphatic heterocycles. The first kappa shape index (κ1) is 20.1. The van der Waals surface area contributed by atoms with Gasteiger partial charge in [-0.1, -0.05) is 12.6 Å². The molecule has 148 valence electrons. The zero-order chi connectivity index (χ0) is 19.4. The van der Waals surface area contributed by atoms with Crippen LogP contribution in [0.2, 0.25) is 0 Å². The summed E-state index contributed by atoms with van der Waals surface area (Å²) in [5.41, 5.74) is 0.991. The van der Waals surface area contributed by atoms with E-state index in [1.807, 2.05) is 16.7 Å². The molecule has 0 saturated carbocycles. The van der Waals surface area contributed by atoms with Crippen molar-refractivity contribution in [2.45, 2.75) is 13.0 Å². The molecule has 0 aliphatic carbocycles. The number of hydroxylamine groups is 2. The third kappa shape index (κ3) is 4.80. The molecule has 0 radical (unpaired) electrons. The van der Waals surface area contributed by atoms with Crippen molar-refractivity contribution in [1.29, 1.82) is 0 Å². The summed E-state index contributed by atoms with van der Waals surface area (Å²) >= 11 is 5.56. The maximum Gasteiger partial charge on any atom is 0.414 e. The molecule has 10 heteroatoms. The minimum atomic E-state index is -0.564. The lowest BCUT2D eigenvalue weighted by Gasteiger charge is -2.29. The molecule has 2 heterocycles. The Balaban J connectivity index is 1.63. The number of nitrogens with zero attached hydrogens (tertiary/aromatic N) is 3. The van der Waals surface area contributed by atoms with E-state index >= 15 is 0 Å². The van der Waals surface area contributed by atoms with Crippen LogP contribution in [-0.4, -0.2) is 66.8 Å². The molecule has 1 atom stereocenters. The van der Waals surface area contributed by atoms with Gasteiger partial charge in [0.2, 0.25) is 0 Å². The number of cyclic esters (lactones) is 1. The van der Waals surface area contributed by atoms with Gasteiger partial charge in [0.15, 0.2) is 0 Å². The molecule has 2 fully saturated rings. The first-order chi connectivity index (χ1) is 13.0. The van der Waals surface area contributed by atoms with Crippen LogP contribution in [0, 0.1) is 5.82 Å². The zero-order valence-corrected chi connectivity index (χ0v) is 16.7. The van der Waals surface area contributed by atoms with Crippen LogP contribution in [0.4, 0.5) is 25.4 Å². The first-order valence-corrected chi connectivity index (χ1v) is 10.3. The maximum atomic E-state index is 14.6. The number of thiol groups is 1. The highest BCUT2D eigenvalue weighted by atomic mass is 32.2. The Kier molecular flexibility index (Phi) is 6.72. The summed E-state index contributed by atoms with van der Waals surface area (Å²) < 4.78 is 19.8. The number of hydrogen-bond acceptors (Lipinski definition) is 6. The number of hydrogen-bond donors (Lipinski definition) is 1. The summed E-state index contributed by atoms with van der Waals surface area (Å²) in [5, 5.41) is 0.554. The smallest absolute Gasteiger partial charge is 0.414 e. The largest absolute Gasteiger partial charge is 0.441 e. The summed E-state index contributed by atoms with van der Waals surface area (Å²) in [4.78, 5) is 32.1. The Morgan fingerprint density at radius 2 is 2.19 bits per heavy atom. The van der Waals surface area contributed by atoms with Gasteiger partial charge in [-0.25, -0.2) is 14.2 Å². The quantitative estimate of drug-likeness (QED) is 0.569. The minimum absolute atomic E-state index is 0.0222. The summed E-state index contributed by atoms with van der Waals surface area (Å²) in [6.45, 7) is 3.93. The molecule has 0 aromatic heterocycles. The van der Waals surface area contributed by atoms with E-state index in [2.05, 4.69) is 12.6 Å². The van der Waals surface area contributed by atoms with Crippen LogP contribution in [-0.2, 0) is 9.57 Å². The van der Waals surface area contributed by atoms with Gasteiger partial charge in [-0.05, 0) is 25.1 Å². The number of ether oxygens (including phenoxy) is 1. The van der Waals surface area contributed by atoms with Gasteiger partial charge in [0.1, 0.15) is 18.5 Å². The Hall–Kier alpha value is -1.65. The second-order valence-corrected chi connectivity index (χ2v) is 7.73. The molecular weight excluding hydrogens is 393 g/mol. The number of thioether (sulfide) groups is 1. The molecule has 1 aromatic rings. The lowest BCUT2D eigenvalue weighted by molar-refractivity contribution is -0.126. The molecule has 0 N–H and O–H groups in total. The molecule has 2 saturated heterocycles. The SMILES string of the molecule is CCN(OC[C@@H]1CN(c2ccc(N3CCSCC3)c(F)c2)C(=O)O1)C(=O)S. The fraction of sp³-hybridized carbons (Fsp3) is 0.529. The normalized spacial score (nSPS) is 20.0. The van der Waals surface area contributed by atoms with Crippen LogP contribution in [0.1, 0.15) is 6.92 Å². The van der Waals surface area contributed by atoms with Gasteiger partial charge in [0, 0.05) is 31.1 Å². The number of carbonyl (C=O) groups is 2. The van der Waals surface area contributed by atoms with Crippen LogP contribution in [0.15, 0.2) is 18.2 Å². The summed E-state index contributed by atoms with van der Waals surface area (Å²) in [7, 11) is 0. The van der Waals surface area contributed by atoms with E-state index < -0.39 is 17.4 Å². The molecule has 0 bridgehead atoms. The molecule has 2 aliphatic rings. The van der Waals surface area contributed by atoms with Crippen LogP contribution in [0.5, 0.6) is 0 Å². The van der Waals surface area contributed by atoms with Crippen LogP contribution >= 0.6 is 24.4 Å². The van der Waals surface area contributed by atoms with Gasteiger partial charge in [0.25, 0.3) is 0 Å². The van der Waals surface area contributed by atoms with Crippen LogP contribution in [0.3, 0.4) is 0 Å². The van der Waals surface area contributed by atoms with E-state index in [1.54, 1.807) is 19.1 Å². The minimum Gasteiger partial charge on any atom is -0.441 e. The predicted molar refractivity (Wildman–Crippen MR) is 106 cm³/mol. The van der Waals surface area contributed by atoms with Crippen LogP contribution < -0.4 is 9.80 Å². The van der Waals surface area contributed by atoms with E-state index in [0.717, 1.165) is 29.7 Å². The highest BCUT2D eigenvalue weighted by Gasteiger charge is 2.33. The van der Waals surface area contributed by atoms with Crippen molar-refractivity contribution in [2.75, 3.05) is 54.1 Å². The second-order valence-electron chi connectivity index (χ2n) is 6.12. The Bertz CT molecular complexity index is 703. The molecule has 0 spiro atoms. The summed E-state index contributed by atoms with van der Waals surface area (Å²) in [5.74, 6) is 1.60. The van der Waals surface area contributed by atoms with Crippen molar-refractivity contribution in [3.8, 4) is 0 Å². The predicted octanol–water partition coefficient (Wildman–Crippen LogP) is 3.01. The number of amides is 2.